The zero-order chi connectivity index (χ0) is 20.3. The fraction of sp³-hybridized carbons (Fsp3) is 0. The van der Waals surface area contributed by atoms with E-state index in [1.54, 1.807) is 12.1 Å². The van der Waals surface area contributed by atoms with E-state index in [2.05, 4.69) is 0 Å². The number of carbonyl (C=O) groups is 2. The average molecular weight is 374 g/mol. The second-order valence-corrected chi connectivity index (χ2v) is 6.11. The van der Waals surface area contributed by atoms with Crippen LogP contribution in [0.3, 0.4) is 0 Å². The zero-order valence-corrected chi connectivity index (χ0v) is 14.8. The summed E-state index contributed by atoms with van der Waals surface area (Å²) in [7, 11) is 0. The van der Waals surface area contributed by atoms with E-state index in [0.29, 0.717) is 11.4 Å². The molecule has 0 fully saturated rings. The summed E-state index contributed by atoms with van der Waals surface area (Å²) in [4.78, 5) is 21.6. The number of hydrogen-bond acceptors (Lipinski definition) is 4. The monoisotopic (exact) mass is 374 g/mol. The molecule has 0 heterocycles. The highest BCUT2D eigenvalue weighted by molar-refractivity contribution is 6.05. The molecule has 0 aliphatic heterocycles. The molecule has 0 amide bonds. The van der Waals surface area contributed by atoms with Crippen LogP contribution < -0.4 is 11.5 Å². The number of nitrogens with two attached hydrogens (primary N) is 2. The van der Waals surface area contributed by atoms with Crippen LogP contribution in [0.2, 0.25) is 0 Å². The Morgan fingerprint density at radius 1 is 0.571 bits per heavy atom. The number of aromatic carboxylic acids is 2. The highest BCUT2D eigenvalue weighted by Gasteiger charge is 2.10. The van der Waals surface area contributed by atoms with Crippen molar-refractivity contribution in [2.45, 2.75) is 0 Å². The molecule has 0 radical (unpaired) electrons. The predicted octanol–water partition coefficient (Wildman–Crippen LogP) is 4.24. The number of carboxylic acids is 2. The van der Waals surface area contributed by atoms with Crippen molar-refractivity contribution >= 4 is 44.9 Å². The first kappa shape index (κ1) is 18.7. The predicted molar refractivity (Wildman–Crippen MR) is 111 cm³/mol. The summed E-state index contributed by atoms with van der Waals surface area (Å²) in [5, 5.41) is 21.2. The van der Waals surface area contributed by atoms with Gasteiger partial charge in [-0.2, -0.15) is 0 Å². The van der Waals surface area contributed by atoms with Gasteiger partial charge in [-0.1, -0.05) is 60.7 Å². The fourth-order valence-corrected chi connectivity index (χ4v) is 2.96. The highest BCUT2D eigenvalue weighted by atomic mass is 16.4. The minimum absolute atomic E-state index is 0.156. The van der Waals surface area contributed by atoms with Crippen molar-refractivity contribution in [2.75, 3.05) is 11.5 Å². The van der Waals surface area contributed by atoms with E-state index in [-0.39, 0.29) is 11.1 Å². The Bertz CT molecular complexity index is 1110. The third-order valence-corrected chi connectivity index (χ3v) is 4.40. The van der Waals surface area contributed by atoms with Gasteiger partial charge in [-0.25, -0.2) is 9.59 Å². The Kier molecular flexibility index (Phi) is 5.13. The lowest BCUT2D eigenvalue weighted by Crippen LogP contribution is -2.02. The van der Waals surface area contributed by atoms with Crippen molar-refractivity contribution in [3.8, 4) is 0 Å². The van der Waals surface area contributed by atoms with Crippen LogP contribution in [-0.4, -0.2) is 22.2 Å². The molecular weight excluding hydrogens is 356 g/mol. The third kappa shape index (κ3) is 3.57. The van der Waals surface area contributed by atoms with Crippen molar-refractivity contribution in [3.63, 3.8) is 0 Å². The van der Waals surface area contributed by atoms with Crippen LogP contribution in [0.5, 0.6) is 0 Å². The van der Waals surface area contributed by atoms with E-state index >= 15 is 0 Å². The lowest BCUT2D eigenvalue weighted by Gasteiger charge is -2.04. The molecule has 0 saturated carbocycles. The van der Waals surface area contributed by atoms with Gasteiger partial charge in [0.1, 0.15) is 0 Å². The maximum atomic E-state index is 10.8. The summed E-state index contributed by atoms with van der Waals surface area (Å²) in [5.41, 5.74) is 12.4. The number of fused-ring (bicyclic) bond motifs is 2. The molecule has 140 valence electrons. The van der Waals surface area contributed by atoms with Crippen LogP contribution in [0.4, 0.5) is 11.4 Å². The van der Waals surface area contributed by atoms with Gasteiger partial charge >= 0.3 is 11.9 Å². The summed E-state index contributed by atoms with van der Waals surface area (Å²) in [5.74, 6) is -1.98. The number of nitrogen functional groups attached to an aromatic ring is 2. The van der Waals surface area contributed by atoms with Gasteiger partial charge in [-0.3, -0.25) is 0 Å². The average Bonchev–Trinajstić information content (AvgIpc) is 2.69. The summed E-state index contributed by atoms with van der Waals surface area (Å²) in [6.45, 7) is 0. The molecule has 28 heavy (non-hydrogen) atoms. The second kappa shape index (κ2) is 7.67. The maximum Gasteiger partial charge on any atom is 0.337 e. The fourth-order valence-electron chi connectivity index (χ4n) is 2.96. The molecule has 0 aliphatic rings. The Morgan fingerprint density at radius 3 is 1.29 bits per heavy atom. The number of rotatable bonds is 2. The molecule has 0 atom stereocenters. The Morgan fingerprint density at radius 2 is 0.929 bits per heavy atom. The van der Waals surface area contributed by atoms with Crippen LogP contribution in [0, 0.1) is 0 Å². The van der Waals surface area contributed by atoms with E-state index in [9.17, 15) is 9.59 Å². The van der Waals surface area contributed by atoms with Crippen molar-refractivity contribution in [1.82, 2.24) is 0 Å². The maximum absolute atomic E-state index is 10.8. The number of anilines is 2. The van der Waals surface area contributed by atoms with Crippen molar-refractivity contribution in [1.29, 1.82) is 0 Å². The third-order valence-electron chi connectivity index (χ3n) is 4.40. The minimum atomic E-state index is -0.992. The highest BCUT2D eigenvalue weighted by Crippen LogP contribution is 2.25. The van der Waals surface area contributed by atoms with Gasteiger partial charge in [0.15, 0.2) is 0 Å². The summed E-state index contributed by atoms with van der Waals surface area (Å²) in [6.07, 6.45) is 0. The van der Waals surface area contributed by atoms with Crippen LogP contribution in [-0.2, 0) is 0 Å². The van der Waals surface area contributed by atoms with Gasteiger partial charge in [0.2, 0.25) is 0 Å². The molecule has 0 saturated heterocycles. The van der Waals surface area contributed by atoms with E-state index < -0.39 is 11.9 Å². The molecule has 0 aliphatic carbocycles. The molecule has 0 spiro atoms. The molecule has 0 unspecified atom stereocenters. The SMILES string of the molecule is Nc1c(C(=O)O)ccc2ccccc12.Nc1c(C(=O)O)ccc2ccccc12. The first-order valence-electron chi connectivity index (χ1n) is 8.41. The second-order valence-electron chi connectivity index (χ2n) is 6.11. The van der Waals surface area contributed by atoms with E-state index in [4.69, 9.17) is 21.7 Å². The minimum Gasteiger partial charge on any atom is -0.478 e. The standard InChI is InChI=1S/2C11H9NO2/c2*12-10-8-4-2-1-3-7(8)5-6-9(10)11(13)14/h2*1-6H,12H2,(H,13,14). The Hall–Kier alpha value is -4.06. The molecule has 0 aromatic heterocycles. The number of carboxylic acid groups (broad SMARTS) is 2. The first-order chi connectivity index (χ1) is 13.4. The van der Waals surface area contributed by atoms with Crippen LogP contribution in [0.15, 0.2) is 72.8 Å². The molecule has 6 N–H and O–H groups in total. The summed E-state index contributed by atoms with van der Waals surface area (Å²) >= 11 is 0. The molecule has 0 bridgehead atoms. The topological polar surface area (TPSA) is 127 Å². The van der Waals surface area contributed by atoms with Crippen molar-refractivity contribution in [2.24, 2.45) is 0 Å². The van der Waals surface area contributed by atoms with Crippen molar-refractivity contribution in [3.05, 3.63) is 83.9 Å². The van der Waals surface area contributed by atoms with Crippen LogP contribution in [0.1, 0.15) is 20.7 Å². The first-order valence-corrected chi connectivity index (χ1v) is 8.41. The van der Waals surface area contributed by atoms with Gasteiger partial charge in [-0.05, 0) is 22.9 Å². The lowest BCUT2D eigenvalue weighted by molar-refractivity contribution is 0.0687. The smallest absolute Gasteiger partial charge is 0.337 e. The Labute approximate surface area is 160 Å². The van der Waals surface area contributed by atoms with E-state index in [1.165, 1.54) is 12.1 Å². The van der Waals surface area contributed by atoms with Crippen molar-refractivity contribution < 1.29 is 19.8 Å². The molecule has 6 heteroatoms. The van der Waals surface area contributed by atoms with E-state index in [1.807, 2.05) is 48.5 Å². The normalized spacial score (nSPS) is 10.3. The van der Waals surface area contributed by atoms with Gasteiger partial charge < -0.3 is 21.7 Å². The van der Waals surface area contributed by atoms with Crippen LogP contribution >= 0.6 is 0 Å². The van der Waals surface area contributed by atoms with Gasteiger partial charge in [0, 0.05) is 10.8 Å². The molecule has 6 nitrogen and oxygen atoms in total. The lowest BCUT2D eigenvalue weighted by atomic mass is 10.0. The molecular formula is C22H18N2O4. The largest absolute Gasteiger partial charge is 0.478 e. The van der Waals surface area contributed by atoms with Gasteiger partial charge in [-0.15, -0.1) is 0 Å². The van der Waals surface area contributed by atoms with Gasteiger partial charge in [0.05, 0.1) is 22.5 Å². The molecule has 4 rings (SSSR count). The summed E-state index contributed by atoms with van der Waals surface area (Å²) in [6, 6.07) is 21.5. The molecule has 4 aromatic carbocycles. The Balaban J connectivity index is 0.000000161. The summed E-state index contributed by atoms with van der Waals surface area (Å²) < 4.78 is 0. The van der Waals surface area contributed by atoms with E-state index in [0.717, 1.165) is 21.5 Å². The number of benzene rings is 4. The van der Waals surface area contributed by atoms with Crippen LogP contribution in [0.25, 0.3) is 21.5 Å². The van der Waals surface area contributed by atoms with Gasteiger partial charge in [0.25, 0.3) is 0 Å². The number of hydrogen-bond donors (Lipinski definition) is 4. The zero-order valence-electron chi connectivity index (χ0n) is 14.8. The molecule has 4 aromatic rings. The quantitative estimate of drug-likeness (QED) is 0.389.